The molecule has 0 aliphatic rings. The molecule has 6 heteroatoms. The van der Waals surface area contributed by atoms with Gasteiger partial charge in [0.05, 0.1) is 5.56 Å². The topological polar surface area (TPSA) is 88.2 Å². The van der Waals surface area contributed by atoms with Gasteiger partial charge >= 0.3 is 0 Å². The van der Waals surface area contributed by atoms with Gasteiger partial charge < -0.3 is 14.8 Å². The molecule has 0 radical (unpaired) electrons. The van der Waals surface area contributed by atoms with Gasteiger partial charge in [-0.15, -0.1) is 10.2 Å². The van der Waals surface area contributed by atoms with E-state index in [1.54, 1.807) is 12.1 Å². The van der Waals surface area contributed by atoms with E-state index in [0.717, 1.165) is 12.8 Å². The monoisotopic (exact) mass is 331 g/mol. The predicted molar refractivity (Wildman–Crippen MR) is 92.6 cm³/mol. The average molecular weight is 331 g/mol. The van der Waals surface area contributed by atoms with Crippen LogP contribution >= 0.6 is 0 Å². The van der Waals surface area contributed by atoms with Gasteiger partial charge in [0.1, 0.15) is 5.75 Å². The van der Waals surface area contributed by atoms with Crippen LogP contribution in [-0.4, -0.2) is 21.2 Å². The Morgan fingerprint density at radius 3 is 2.62 bits per heavy atom. The lowest BCUT2D eigenvalue weighted by atomic mass is 10.1. The summed E-state index contributed by atoms with van der Waals surface area (Å²) in [6.45, 7) is 2.21. The fourth-order valence-corrected chi connectivity index (χ4v) is 2.54. The maximum atomic E-state index is 12.0. The summed E-state index contributed by atoms with van der Waals surface area (Å²) >= 11 is 0. The van der Waals surface area contributed by atoms with E-state index in [2.05, 4.69) is 22.4 Å². The molecule has 1 heterocycles. The molecule has 0 aliphatic heterocycles. The van der Waals surface area contributed by atoms with Crippen molar-refractivity contribution in [3.63, 3.8) is 0 Å². The van der Waals surface area contributed by atoms with Gasteiger partial charge in [0.2, 0.25) is 12.3 Å². The van der Waals surface area contributed by atoms with Crippen LogP contribution in [0.1, 0.15) is 58.3 Å². The number of hydrogen-bond donors (Lipinski definition) is 2. The van der Waals surface area contributed by atoms with Crippen molar-refractivity contribution in [1.29, 1.82) is 0 Å². The minimum absolute atomic E-state index is 0.0225. The molecule has 0 bridgehead atoms. The standard InChI is InChI=1S/C18H25N3O3/c1-2-3-4-5-6-7-8-9-17(23)20-14-10-11-16(22)15(12-14)18-21-19-13-24-18/h10-13,22H,2-9H2,1H3,(H,20,23). The number of unbranched alkanes of at least 4 members (excludes halogenated alkanes) is 6. The van der Waals surface area contributed by atoms with Crippen molar-refractivity contribution in [3.8, 4) is 17.2 Å². The predicted octanol–water partition coefficient (Wildman–Crippen LogP) is 4.52. The van der Waals surface area contributed by atoms with Crippen LogP contribution in [0, 0.1) is 0 Å². The Labute approximate surface area is 142 Å². The number of anilines is 1. The van der Waals surface area contributed by atoms with Crippen LogP contribution in [0.25, 0.3) is 11.5 Å². The van der Waals surface area contributed by atoms with Crippen molar-refractivity contribution in [2.75, 3.05) is 5.32 Å². The smallest absolute Gasteiger partial charge is 0.251 e. The van der Waals surface area contributed by atoms with Crippen molar-refractivity contribution in [3.05, 3.63) is 24.6 Å². The molecule has 2 N–H and O–H groups in total. The van der Waals surface area contributed by atoms with E-state index >= 15 is 0 Å². The second-order valence-electron chi connectivity index (χ2n) is 5.90. The van der Waals surface area contributed by atoms with Gasteiger partial charge in [-0.05, 0) is 24.6 Å². The Kier molecular flexibility index (Phi) is 7.26. The molecule has 0 fully saturated rings. The summed E-state index contributed by atoms with van der Waals surface area (Å²) in [7, 11) is 0. The molecule has 130 valence electrons. The van der Waals surface area contributed by atoms with Gasteiger partial charge in [0.15, 0.2) is 0 Å². The number of aromatic nitrogens is 2. The number of amides is 1. The molecule has 0 unspecified atom stereocenters. The first-order valence-corrected chi connectivity index (χ1v) is 8.60. The number of nitrogens with zero attached hydrogens (tertiary/aromatic N) is 2. The number of phenols is 1. The molecule has 0 spiro atoms. The second-order valence-corrected chi connectivity index (χ2v) is 5.90. The zero-order valence-electron chi connectivity index (χ0n) is 14.1. The Hall–Kier alpha value is -2.37. The third kappa shape index (κ3) is 5.68. The van der Waals surface area contributed by atoms with E-state index in [9.17, 15) is 9.90 Å². The molecular weight excluding hydrogens is 306 g/mol. The first-order chi connectivity index (χ1) is 11.7. The summed E-state index contributed by atoms with van der Waals surface area (Å²) in [5.41, 5.74) is 1.01. The highest BCUT2D eigenvalue weighted by Gasteiger charge is 2.11. The second kappa shape index (κ2) is 9.70. The normalized spacial score (nSPS) is 10.7. The molecular formula is C18H25N3O3. The van der Waals surface area contributed by atoms with Crippen molar-refractivity contribution in [1.82, 2.24) is 10.2 Å². The number of carbonyl (C=O) groups is 1. The van der Waals surface area contributed by atoms with Gasteiger partial charge in [-0.3, -0.25) is 4.79 Å². The van der Waals surface area contributed by atoms with Crippen LogP contribution in [-0.2, 0) is 4.79 Å². The number of carbonyl (C=O) groups excluding carboxylic acids is 1. The van der Waals surface area contributed by atoms with Crippen LogP contribution in [0.5, 0.6) is 5.75 Å². The zero-order chi connectivity index (χ0) is 17.2. The van der Waals surface area contributed by atoms with Crippen LogP contribution < -0.4 is 5.32 Å². The van der Waals surface area contributed by atoms with Crippen LogP contribution in [0.3, 0.4) is 0 Å². The van der Waals surface area contributed by atoms with Crippen molar-refractivity contribution in [2.24, 2.45) is 0 Å². The maximum Gasteiger partial charge on any atom is 0.251 e. The van der Waals surface area contributed by atoms with E-state index in [4.69, 9.17) is 4.42 Å². The summed E-state index contributed by atoms with van der Waals surface area (Å²) in [5.74, 6) is 0.228. The minimum Gasteiger partial charge on any atom is -0.507 e. The lowest BCUT2D eigenvalue weighted by Crippen LogP contribution is -2.11. The molecule has 6 nitrogen and oxygen atoms in total. The van der Waals surface area contributed by atoms with Gasteiger partial charge in [-0.25, -0.2) is 0 Å². The Morgan fingerprint density at radius 1 is 1.17 bits per heavy atom. The lowest BCUT2D eigenvalue weighted by molar-refractivity contribution is -0.116. The Morgan fingerprint density at radius 2 is 1.92 bits per heavy atom. The fraction of sp³-hybridized carbons (Fsp3) is 0.500. The van der Waals surface area contributed by atoms with E-state index in [0.29, 0.717) is 17.7 Å². The number of benzene rings is 1. The average Bonchev–Trinajstić information content (AvgIpc) is 3.10. The summed E-state index contributed by atoms with van der Waals surface area (Å²) in [5, 5.41) is 20.1. The number of hydrogen-bond acceptors (Lipinski definition) is 5. The Balaban J connectivity index is 1.77. The summed E-state index contributed by atoms with van der Waals surface area (Å²) in [6.07, 6.45) is 9.95. The van der Waals surface area contributed by atoms with E-state index in [-0.39, 0.29) is 17.5 Å². The van der Waals surface area contributed by atoms with Crippen molar-refractivity contribution < 1.29 is 14.3 Å². The highest BCUT2D eigenvalue weighted by atomic mass is 16.4. The summed E-state index contributed by atoms with van der Waals surface area (Å²) in [6, 6.07) is 4.78. The van der Waals surface area contributed by atoms with Gasteiger partial charge in [-0.2, -0.15) is 0 Å². The fourth-order valence-electron chi connectivity index (χ4n) is 2.54. The lowest BCUT2D eigenvalue weighted by Gasteiger charge is -2.07. The third-order valence-corrected chi connectivity index (χ3v) is 3.88. The van der Waals surface area contributed by atoms with E-state index < -0.39 is 0 Å². The largest absolute Gasteiger partial charge is 0.507 e. The SMILES string of the molecule is CCCCCCCCCC(=O)Nc1ccc(O)c(-c2nnco2)c1. The molecule has 0 saturated heterocycles. The first kappa shape index (κ1) is 18.0. The van der Waals surface area contributed by atoms with Gasteiger partial charge in [-0.1, -0.05) is 45.4 Å². The molecule has 0 saturated carbocycles. The summed E-state index contributed by atoms with van der Waals surface area (Å²) in [4.78, 5) is 12.0. The minimum atomic E-state index is -0.0225. The molecule has 24 heavy (non-hydrogen) atoms. The molecule has 0 aliphatic carbocycles. The number of aromatic hydroxyl groups is 1. The first-order valence-electron chi connectivity index (χ1n) is 8.60. The van der Waals surface area contributed by atoms with Gasteiger partial charge in [0.25, 0.3) is 5.89 Å². The number of rotatable bonds is 10. The van der Waals surface area contributed by atoms with Crippen molar-refractivity contribution >= 4 is 11.6 Å². The zero-order valence-corrected chi connectivity index (χ0v) is 14.1. The van der Waals surface area contributed by atoms with Crippen LogP contribution in [0.15, 0.2) is 29.0 Å². The highest BCUT2D eigenvalue weighted by Crippen LogP contribution is 2.30. The van der Waals surface area contributed by atoms with E-state index in [1.165, 1.54) is 44.6 Å². The molecule has 1 amide bonds. The highest BCUT2D eigenvalue weighted by molar-refractivity contribution is 5.91. The molecule has 0 atom stereocenters. The quantitative estimate of drug-likeness (QED) is 0.493. The Bertz CT molecular complexity index is 626. The molecule has 1 aromatic heterocycles. The maximum absolute atomic E-state index is 12.0. The molecule has 2 aromatic rings. The van der Waals surface area contributed by atoms with Crippen molar-refractivity contribution in [2.45, 2.75) is 58.3 Å². The van der Waals surface area contributed by atoms with E-state index in [1.807, 2.05) is 0 Å². The molecule has 1 aromatic carbocycles. The van der Waals surface area contributed by atoms with Crippen LogP contribution in [0.4, 0.5) is 5.69 Å². The number of nitrogens with one attached hydrogen (secondary N) is 1. The van der Waals surface area contributed by atoms with Crippen LogP contribution in [0.2, 0.25) is 0 Å². The molecule has 2 rings (SSSR count). The van der Waals surface area contributed by atoms with Gasteiger partial charge in [0, 0.05) is 12.1 Å². The summed E-state index contributed by atoms with van der Waals surface area (Å²) < 4.78 is 5.09. The number of phenolic OH excluding ortho intramolecular Hbond substituents is 1. The third-order valence-electron chi connectivity index (χ3n) is 3.88.